The van der Waals surface area contributed by atoms with Gasteiger partial charge in [-0.05, 0) is 37.5 Å². The molecule has 132 valence electrons. The van der Waals surface area contributed by atoms with Crippen molar-refractivity contribution < 1.29 is 9.59 Å². The molecule has 0 aliphatic carbocycles. The molecular formula is C17H19ClN4O2S. The van der Waals surface area contributed by atoms with E-state index < -0.39 is 0 Å². The lowest BCUT2D eigenvalue weighted by Crippen LogP contribution is -2.30. The molecule has 8 heteroatoms. The molecule has 2 amide bonds. The molecule has 6 nitrogen and oxygen atoms in total. The van der Waals surface area contributed by atoms with Crippen LogP contribution in [0.25, 0.3) is 0 Å². The number of likely N-dealkylation sites (tertiary alicyclic amines) is 1. The van der Waals surface area contributed by atoms with E-state index in [9.17, 15) is 9.59 Å². The smallest absolute Gasteiger partial charge is 0.286 e. The zero-order chi connectivity index (χ0) is 17.8. The van der Waals surface area contributed by atoms with Crippen LogP contribution in [-0.4, -0.2) is 33.5 Å². The summed E-state index contributed by atoms with van der Waals surface area (Å²) < 4.78 is 0. The second kappa shape index (κ2) is 7.93. The highest BCUT2D eigenvalue weighted by Crippen LogP contribution is 2.34. The number of rotatable bonds is 5. The highest BCUT2D eigenvalue weighted by Gasteiger charge is 2.32. The summed E-state index contributed by atoms with van der Waals surface area (Å²) in [5.74, 6) is -0.180. The SMILES string of the molecule is CCCC(=O)N1CCC[C@@H]1c1nnc(C(=O)Nc2cccc(Cl)c2)s1. The van der Waals surface area contributed by atoms with E-state index in [2.05, 4.69) is 15.5 Å². The Morgan fingerprint density at radius 3 is 3.00 bits per heavy atom. The highest BCUT2D eigenvalue weighted by molar-refractivity contribution is 7.13. The standard InChI is InChI=1S/C17H19ClN4O2S/c1-2-5-14(23)22-9-4-8-13(22)16-20-21-17(25-16)15(24)19-12-7-3-6-11(18)10-12/h3,6-7,10,13H,2,4-5,8-9H2,1H3,(H,19,24)/t13-/m1/s1. The Bertz CT molecular complexity index is 780. The van der Waals surface area contributed by atoms with Gasteiger partial charge in [-0.25, -0.2) is 0 Å². The third-order valence-corrected chi connectivity index (χ3v) is 5.30. The Morgan fingerprint density at radius 1 is 1.40 bits per heavy atom. The second-order valence-corrected chi connectivity index (χ2v) is 7.35. The zero-order valence-electron chi connectivity index (χ0n) is 13.9. The first kappa shape index (κ1) is 17.8. The van der Waals surface area contributed by atoms with Crippen molar-refractivity contribution in [2.75, 3.05) is 11.9 Å². The number of nitrogens with zero attached hydrogens (tertiary/aromatic N) is 3. The summed E-state index contributed by atoms with van der Waals surface area (Å²) >= 11 is 7.16. The van der Waals surface area contributed by atoms with E-state index in [1.807, 2.05) is 11.8 Å². The number of amides is 2. The van der Waals surface area contributed by atoms with Gasteiger partial charge in [-0.15, -0.1) is 10.2 Å². The highest BCUT2D eigenvalue weighted by atomic mass is 35.5. The molecule has 1 saturated heterocycles. The minimum atomic E-state index is -0.324. The maximum atomic E-state index is 12.3. The quantitative estimate of drug-likeness (QED) is 0.855. The molecule has 2 aromatic rings. The van der Waals surface area contributed by atoms with E-state index in [4.69, 9.17) is 11.6 Å². The molecule has 1 N–H and O–H groups in total. The fourth-order valence-electron chi connectivity index (χ4n) is 2.89. The van der Waals surface area contributed by atoms with Gasteiger partial charge in [0.05, 0.1) is 6.04 Å². The molecule has 0 unspecified atom stereocenters. The van der Waals surface area contributed by atoms with Crippen molar-refractivity contribution >= 4 is 40.4 Å². The maximum absolute atomic E-state index is 12.3. The van der Waals surface area contributed by atoms with E-state index >= 15 is 0 Å². The molecule has 0 spiro atoms. The number of aromatic nitrogens is 2. The van der Waals surface area contributed by atoms with E-state index in [-0.39, 0.29) is 22.9 Å². The van der Waals surface area contributed by atoms with Crippen LogP contribution in [0.1, 0.15) is 53.5 Å². The third-order valence-electron chi connectivity index (χ3n) is 4.04. The Hall–Kier alpha value is -1.99. The summed E-state index contributed by atoms with van der Waals surface area (Å²) in [5.41, 5.74) is 0.606. The van der Waals surface area contributed by atoms with Crippen molar-refractivity contribution in [3.8, 4) is 0 Å². The molecule has 0 saturated carbocycles. The first-order chi connectivity index (χ1) is 12.1. The van der Waals surface area contributed by atoms with Gasteiger partial charge in [-0.2, -0.15) is 0 Å². The first-order valence-electron chi connectivity index (χ1n) is 8.28. The average Bonchev–Trinajstić information content (AvgIpc) is 3.24. The van der Waals surface area contributed by atoms with Gasteiger partial charge in [-0.3, -0.25) is 9.59 Å². The molecular weight excluding hydrogens is 360 g/mol. The maximum Gasteiger partial charge on any atom is 0.286 e. The van der Waals surface area contributed by atoms with Crippen molar-refractivity contribution in [1.82, 2.24) is 15.1 Å². The first-order valence-corrected chi connectivity index (χ1v) is 9.47. The molecule has 2 heterocycles. The monoisotopic (exact) mass is 378 g/mol. The molecule has 1 aliphatic rings. The minimum Gasteiger partial charge on any atom is -0.333 e. The lowest BCUT2D eigenvalue weighted by molar-refractivity contribution is -0.132. The number of hydrogen-bond acceptors (Lipinski definition) is 5. The summed E-state index contributed by atoms with van der Waals surface area (Å²) in [7, 11) is 0. The number of halogens is 1. The van der Waals surface area contributed by atoms with Crippen LogP contribution in [0, 0.1) is 0 Å². The predicted molar refractivity (Wildman–Crippen MR) is 97.9 cm³/mol. The number of anilines is 1. The largest absolute Gasteiger partial charge is 0.333 e. The van der Waals surface area contributed by atoms with Crippen LogP contribution in [0.2, 0.25) is 5.02 Å². The Balaban J connectivity index is 1.71. The Morgan fingerprint density at radius 2 is 2.24 bits per heavy atom. The van der Waals surface area contributed by atoms with Crippen LogP contribution in [0.4, 0.5) is 5.69 Å². The van der Waals surface area contributed by atoms with Crippen molar-refractivity contribution in [1.29, 1.82) is 0 Å². The number of nitrogens with one attached hydrogen (secondary N) is 1. The Kier molecular flexibility index (Phi) is 5.65. The van der Waals surface area contributed by atoms with Crippen LogP contribution < -0.4 is 5.32 Å². The van der Waals surface area contributed by atoms with Gasteiger partial charge in [0.15, 0.2) is 0 Å². The number of hydrogen-bond donors (Lipinski definition) is 1. The molecule has 0 radical (unpaired) electrons. The van der Waals surface area contributed by atoms with E-state index in [1.165, 1.54) is 11.3 Å². The van der Waals surface area contributed by atoms with Crippen LogP contribution in [0.5, 0.6) is 0 Å². The molecule has 25 heavy (non-hydrogen) atoms. The summed E-state index contributed by atoms with van der Waals surface area (Å²) in [6.45, 7) is 2.74. The van der Waals surface area contributed by atoms with Gasteiger partial charge in [0.1, 0.15) is 5.01 Å². The van der Waals surface area contributed by atoms with Crippen LogP contribution >= 0.6 is 22.9 Å². The lowest BCUT2D eigenvalue weighted by atomic mass is 10.2. The number of benzene rings is 1. The van der Waals surface area contributed by atoms with E-state index in [0.29, 0.717) is 17.1 Å². The molecule has 3 rings (SSSR count). The van der Waals surface area contributed by atoms with Gasteiger partial charge < -0.3 is 10.2 Å². The van der Waals surface area contributed by atoms with E-state index in [0.717, 1.165) is 30.8 Å². The Labute approximate surface area is 155 Å². The molecule has 1 aromatic heterocycles. The summed E-state index contributed by atoms with van der Waals surface area (Å²) in [4.78, 5) is 26.4. The van der Waals surface area contributed by atoms with Crippen molar-refractivity contribution in [3.05, 3.63) is 39.3 Å². The summed E-state index contributed by atoms with van der Waals surface area (Å²) in [6, 6.07) is 6.86. The summed E-state index contributed by atoms with van der Waals surface area (Å²) in [6.07, 6.45) is 3.17. The fourth-order valence-corrected chi connectivity index (χ4v) is 3.97. The molecule has 0 bridgehead atoms. The molecule has 1 atom stereocenters. The topological polar surface area (TPSA) is 75.2 Å². The van der Waals surface area contributed by atoms with Crippen LogP contribution in [0.3, 0.4) is 0 Å². The van der Waals surface area contributed by atoms with Gasteiger partial charge in [0.25, 0.3) is 5.91 Å². The zero-order valence-corrected chi connectivity index (χ0v) is 15.4. The van der Waals surface area contributed by atoms with Gasteiger partial charge in [0.2, 0.25) is 10.9 Å². The van der Waals surface area contributed by atoms with Gasteiger partial charge >= 0.3 is 0 Å². The lowest BCUT2D eigenvalue weighted by Gasteiger charge is -2.22. The summed E-state index contributed by atoms with van der Waals surface area (Å²) in [5, 5.41) is 12.5. The predicted octanol–water partition coefficient (Wildman–Crippen LogP) is 3.91. The minimum absolute atomic E-state index is 0.0655. The van der Waals surface area contributed by atoms with Gasteiger partial charge in [-0.1, -0.05) is 35.9 Å². The van der Waals surface area contributed by atoms with Crippen molar-refractivity contribution in [2.24, 2.45) is 0 Å². The normalized spacial score (nSPS) is 16.9. The van der Waals surface area contributed by atoms with Crippen molar-refractivity contribution in [3.63, 3.8) is 0 Å². The van der Waals surface area contributed by atoms with Gasteiger partial charge in [0, 0.05) is 23.7 Å². The van der Waals surface area contributed by atoms with E-state index in [1.54, 1.807) is 24.3 Å². The number of carbonyl (C=O) groups is 2. The third kappa shape index (κ3) is 4.16. The molecule has 1 aromatic carbocycles. The van der Waals surface area contributed by atoms with Crippen LogP contribution in [-0.2, 0) is 4.79 Å². The molecule has 1 aliphatic heterocycles. The van der Waals surface area contributed by atoms with Crippen molar-refractivity contribution in [2.45, 2.75) is 38.6 Å². The number of carbonyl (C=O) groups excluding carboxylic acids is 2. The fraction of sp³-hybridized carbons (Fsp3) is 0.412. The average molecular weight is 379 g/mol. The van der Waals surface area contributed by atoms with Crippen LogP contribution in [0.15, 0.2) is 24.3 Å². The second-order valence-electron chi connectivity index (χ2n) is 5.91. The molecule has 1 fully saturated rings.